The Hall–Kier alpha value is -3.07. The van der Waals surface area contributed by atoms with Crippen molar-refractivity contribution in [1.29, 1.82) is 0 Å². The van der Waals surface area contributed by atoms with E-state index in [-0.39, 0.29) is 10.8 Å². The first kappa shape index (κ1) is 23.1. The molecular weight excluding hydrogens is 454 g/mol. The van der Waals surface area contributed by atoms with Crippen LogP contribution in [0.5, 0.6) is 0 Å². The summed E-state index contributed by atoms with van der Waals surface area (Å²) in [7, 11) is -0.610. The molecule has 0 spiro atoms. The number of hydrogen-bond donors (Lipinski definition) is 0. The van der Waals surface area contributed by atoms with Crippen LogP contribution in [0.2, 0.25) is 0 Å². The Labute approximate surface area is 198 Å². The summed E-state index contributed by atoms with van der Waals surface area (Å²) in [5, 5.41) is 0.609. The molecular formula is C25H25N3O3S2. The van der Waals surface area contributed by atoms with Gasteiger partial charge in [0.15, 0.2) is 5.13 Å². The molecule has 1 heterocycles. The monoisotopic (exact) mass is 479 g/mol. The van der Waals surface area contributed by atoms with Gasteiger partial charge in [-0.3, -0.25) is 9.69 Å². The Balaban J connectivity index is 1.75. The van der Waals surface area contributed by atoms with Crippen LogP contribution in [0, 0.1) is 13.8 Å². The van der Waals surface area contributed by atoms with E-state index in [2.05, 4.69) is 6.07 Å². The molecule has 0 atom stereocenters. The van der Waals surface area contributed by atoms with Crippen LogP contribution in [0.15, 0.2) is 71.6 Å². The molecule has 0 bridgehead atoms. The highest BCUT2D eigenvalue weighted by molar-refractivity contribution is 7.89. The topological polar surface area (TPSA) is 70.6 Å². The Morgan fingerprint density at radius 1 is 0.939 bits per heavy atom. The second kappa shape index (κ2) is 9.05. The van der Waals surface area contributed by atoms with Gasteiger partial charge >= 0.3 is 0 Å². The van der Waals surface area contributed by atoms with Gasteiger partial charge in [0.1, 0.15) is 0 Å². The van der Waals surface area contributed by atoms with Crippen molar-refractivity contribution in [2.75, 3.05) is 19.0 Å². The van der Waals surface area contributed by atoms with Gasteiger partial charge in [0.25, 0.3) is 5.91 Å². The highest BCUT2D eigenvalue weighted by Crippen LogP contribution is 2.33. The zero-order valence-corrected chi connectivity index (χ0v) is 20.6. The van der Waals surface area contributed by atoms with E-state index in [0.29, 0.717) is 17.2 Å². The number of anilines is 1. The molecule has 4 aromatic rings. The van der Waals surface area contributed by atoms with E-state index in [1.807, 2.05) is 50.2 Å². The second-order valence-electron chi connectivity index (χ2n) is 8.04. The van der Waals surface area contributed by atoms with E-state index >= 15 is 0 Å². The first-order valence-corrected chi connectivity index (χ1v) is 12.7. The van der Waals surface area contributed by atoms with Gasteiger partial charge in [-0.05, 0) is 60.9 Å². The molecule has 6 nitrogen and oxygen atoms in total. The van der Waals surface area contributed by atoms with Crippen LogP contribution in [0.4, 0.5) is 5.13 Å². The van der Waals surface area contributed by atoms with Crippen molar-refractivity contribution in [3.8, 4) is 0 Å². The Morgan fingerprint density at radius 2 is 1.61 bits per heavy atom. The summed E-state index contributed by atoms with van der Waals surface area (Å²) < 4.78 is 27.0. The Kier molecular flexibility index (Phi) is 6.34. The summed E-state index contributed by atoms with van der Waals surface area (Å²) in [5.74, 6) is -0.235. The lowest BCUT2D eigenvalue weighted by Gasteiger charge is -2.20. The van der Waals surface area contributed by atoms with E-state index in [0.717, 1.165) is 31.2 Å². The average molecular weight is 480 g/mol. The van der Waals surface area contributed by atoms with Crippen molar-refractivity contribution in [3.63, 3.8) is 0 Å². The molecule has 0 aliphatic rings. The predicted octanol–water partition coefficient (Wildman–Crippen LogP) is 5.01. The van der Waals surface area contributed by atoms with E-state index < -0.39 is 10.0 Å². The van der Waals surface area contributed by atoms with Gasteiger partial charge in [0.2, 0.25) is 10.0 Å². The number of fused-ring (bicyclic) bond motifs is 1. The third-order valence-electron chi connectivity index (χ3n) is 5.61. The summed E-state index contributed by atoms with van der Waals surface area (Å²) in [6.07, 6.45) is 0. The van der Waals surface area contributed by atoms with E-state index in [1.165, 1.54) is 37.6 Å². The fourth-order valence-electron chi connectivity index (χ4n) is 3.46. The molecule has 3 aromatic carbocycles. The number of sulfonamides is 1. The molecule has 8 heteroatoms. The van der Waals surface area contributed by atoms with Gasteiger partial charge in [0, 0.05) is 19.7 Å². The molecule has 170 valence electrons. The first-order chi connectivity index (χ1) is 15.7. The predicted molar refractivity (Wildman–Crippen MR) is 133 cm³/mol. The van der Waals surface area contributed by atoms with Crippen LogP contribution in [0.25, 0.3) is 10.2 Å². The molecule has 0 N–H and O–H groups in total. The number of nitrogens with zero attached hydrogens (tertiary/aromatic N) is 3. The van der Waals surface area contributed by atoms with Crippen LogP contribution in [-0.4, -0.2) is 37.7 Å². The molecule has 0 aliphatic carbocycles. The second-order valence-corrected chi connectivity index (χ2v) is 11.2. The molecule has 1 amide bonds. The number of amides is 1. The van der Waals surface area contributed by atoms with Gasteiger partial charge in [-0.15, -0.1) is 0 Å². The van der Waals surface area contributed by atoms with Crippen molar-refractivity contribution < 1.29 is 13.2 Å². The first-order valence-electron chi connectivity index (χ1n) is 10.4. The number of aryl methyl sites for hydroxylation is 2. The number of rotatable bonds is 6. The molecule has 1 aromatic heterocycles. The minimum atomic E-state index is -3.57. The number of hydrogen-bond acceptors (Lipinski definition) is 5. The highest BCUT2D eigenvalue weighted by atomic mass is 32.2. The van der Waals surface area contributed by atoms with Crippen molar-refractivity contribution in [2.45, 2.75) is 25.3 Å². The van der Waals surface area contributed by atoms with Crippen molar-refractivity contribution in [2.24, 2.45) is 0 Å². The SMILES string of the molecule is Cc1ccc2sc(N(Cc3ccccc3)C(=O)c3ccc(S(=O)(=O)N(C)C)cc3)nc2c1C. The lowest BCUT2D eigenvalue weighted by atomic mass is 10.1. The third kappa shape index (κ3) is 4.55. The van der Waals surface area contributed by atoms with Crippen LogP contribution >= 0.6 is 11.3 Å². The molecule has 0 saturated carbocycles. The summed E-state index contributed by atoms with van der Waals surface area (Å²) >= 11 is 1.47. The summed E-state index contributed by atoms with van der Waals surface area (Å²) in [6, 6.07) is 19.9. The van der Waals surface area contributed by atoms with Crippen molar-refractivity contribution in [1.82, 2.24) is 9.29 Å². The zero-order chi connectivity index (χ0) is 23.8. The fraction of sp³-hybridized carbons (Fsp3) is 0.200. The third-order valence-corrected chi connectivity index (χ3v) is 8.49. The summed E-state index contributed by atoms with van der Waals surface area (Å²) in [5.41, 5.74) is 4.52. The molecule has 0 fully saturated rings. The van der Waals surface area contributed by atoms with Crippen molar-refractivity contribution in [3.05, 3.63) is 89.0 Å². The van der Waals surface area contributed by atoms with Gasteiger partial charge < -0.3 is 0 Å². The van der Waals surface area contributed by atoms with Gasteiger partial charge in [-0.2, -0.15) is 0 Å². The number of carbonyl (C=O) groups is 1. The van der Waals surface area contributed by atoms with Gasteiger partial charge in [0.05, 0.1) is 21.7 Å². The number of aromatic nitrogens is 1. The molecule has 4 rings (SSSR count). The lowest BCUT2D eigenvalue weighted by molar-refractivity contribution is 0.0985. The van der Waals surface area contributed by atoms with Crippen LogP contribution in [0.1, 0.15) is 27.0 Å². The van der Waals surface area contributed by atoms with Gasteiger partial charge in [-0.1, -0.05) is 47.7 Å². The van der Waals surface area contributed by atoms with E-state index in [1.54, 1.807) is 17.0 Å². The Bertz CT molecular complexity index is 1410. The minimum Gasteiger partial charge on any atom is -0.279 e. The molecule has 33 heavy (non-hydrogen) atoms. The van der Waals surface area contributed by atoms with E-state index in [4.69, 9.17) is 4.98 Å². The largest absolute Gasteiger partial charge is 0.279 e. The molecule has 0 aliphatic heterocycles. The average Bonchev–Trinajstić information content (AvgIpc) is 3.25. The summed E-state index contributed by atoms with van der Waals surface area (Å²) in [6.45, 7) is 4.44. The maximum Gasteiger partial charge on any atom is 0.260 e. The lowest BCUT2D eigenvalue weighted by Crippen LogP contribution is -2.30. The maximum atomic E-state index is 13.6. The van der Waals surface area contributed by atoms with Crippen LogP contribution < -0.4 is 4.90 Å². The molecule has 0 radical (unpaired) electrons. The fourth-order valence-corrected chi connectivity index (χ4v) is 5.38. The normalized spacial score (nSPS) is 11.8. The standard InChI is InChI=1S/C25H25N3O3S2/c1-17-10-15-22-23(18(17)2)26-25(32-22)28(16-19-8-6-5-7-9-19)24(29)20-11-13-21(14-12-20)33(30,31)27(3)4/h5-15H,16H2,1-4H3. The maximum absolute atomic E-state index is 13.6. The quantitative estimate of drug-likeness (QED) is 0.390. The smallest absolute Gasteiger partial charge is 0.260 e. The molecule has 0 unspecified atom stereocenters. The number of thiazole rings is 1. The molecule has 0 saturated heterocycles. The Morgan fingerprint density at radius 3 is 2.24 bits per heavy atom. The van der Waals surface area contributed by atoms with E-state index in [9.17, 15) is 13.2 Å². The zero-order valence-electron chi connectivity index (χ0n) is 18.9. The van der Waals surface area contributed by atoms with Crippen molar-refractivity contribution >= 4 is 42.6 Å². The van der Waals surface area contributed by atoms with Crippen LogP contribution in [-0.2, 0) is 16.6 Å². The summed E-state index contributed by atoms with van der Waals surface area (Å²) in [4.78, 5) is 20.2. The number of carbonyl (C=O) groups excluding carboxylic acids is 1. The highest BCUT2D eigenvalue weighted by Gasteiger charge is 2.24. The van der Waals surface area contributed by atoms with Crippen LogP contribution in [0.3, 0.4) is 0 Å². The number of benzene rings is 3. The van der Waals surface area contributed by atoms with Gasteiger partial charge in [-0.25, -0.2) is 17.7 Å². The minimum absolute atomic E-state index is 0.143.